The predicted octanol–water partition coefficient (Wildman–Crippen LogP) is 2.64. The molecule has 2 heterocycles. The molecule has 8 heteroatoms. The van der Waals surface area contributed by atoms with E-state index in [1.54, 1.807) is 0 Å². The van der Waals surface area contributed by atoms with E-state index in [0.29, 0.717) is 25.7 Å². The lowest BCUT2D eigenvalue weighted by atomic mass is 10.2. The highest BCUT2D eigenvalue weighted by atomic mass is 16.5. The van der Waals surface area contributed by atoms with Crippen LogP contribution in [-0.2, 0) is 13.6 Å². The Morgan fingerprint density at radius 2 is 2.04 bits per heavy atom. The molecule has 0 radical (unpaired) electrons. The molecule has 0 aliphatic carbocycles. The van der Waals surface area contributed by atoms with Gasteiger partial charge in [-0.1, -0.05) is 13.3 Å². The first-order chi connectivity index (χ1) is 13.2. The first kappa shape index (κ1) is 19.0. The highest BCUT2D eigenvalue weighted by molar-refractivity contribution is 5.93. The molecule has 0 spiro atoms. The van der Waals surface area contributed by atoms with Gasteiger partial charge in [0.05, 0.1) is 13.2 Å². The van der Waals surface area contributed by atoms with Crippen molar-refractivity contribution in [2.24, 2.45) is 12.0 Å². The summed E-state index contributed by atoms with van der Waals surface area (Å²) in [5.41, 5.74) is 0.899. The van der Waals surface area contributed by atoms with Gasteiger partial charge >= 0.3 is 0 Å². The number of hydrogen-bond donors (Lipinski definition) is 2. The number of benzene rings is 1. The monoisotopic (exact) mass is 372 g/mol. The third-order valence-electron chi connectivity index (χ3n) is 4.39. The highest BCUT2D eigenvalue weighted by Crippen LogP contribution is 2.32. The molecule has 1 aliphatic rings. The third kappa shape index (κ3) is 5.12. The van der Waals surface area contributed by atoms with Crippen LogP contribution in [-0.4, -0.2) is 40.5 Å². The molecule has 1 aromatic heterocycles. The van der Waals surface area contributed by atoms with Gasteiger partial charge in [-0.15, -0.1) is 10.2 Å². The van der Waals surface area contributed by atoms with E-state index in [1.807, 2.05) is 36.7 Å². The van der Waals surface area contributed by atoms with Crippen LogP contribution >= 0.6 is 0 Å². The Kier molecular flexibility index (Phi) is 6.51. The summed E-state index contributed by atoms with van der Waals surface area (Å²) in [6.45, 7) is 6.74. The molecule has 146 valence electrons. The van der Waals surface area contributed by atoms with Crippen LogP contribution in [0.15, 0.2) is 23.2 Å². The summed E-state index contributed by atoms with van der Waals surface area (Å²) < 4.78 is 13.4. The minimum absolute atomic E-state index is 0.448. The lowest BCUT2D eigenvalue weighted by Crippen LogP contribution is -2.31. The summed E-state index contributed by atoms with van der Waals surface area (Å²) in [5, 5.41) is 15.0. The molecule has 2 N–H and O–H groups in total. The van der Waals surface area contributed by atoms with Crippen LogP contribution in [0.4, 0.5) is 5.69 Å². The Hall–Kier alpha value is -2.77. The molecule has 0 fully saturated rings. The number of nitrogens with one attached hydrogen (secondary N) is 2. The summed E-state index contributed by atoms with van der Waals surface area (Å²) in [7, 11) is 1.95. The van der Waals surface area contributed by atoms with E-state index in [2.05, 4.69) is 32.7 Å². The number of fused-ring (bicyclic) bond motifs is 1. The fourth-order valence-electron chi connectivity index (χ4n) is 2.64. The Balaban J connectivity index is 1.73. The lowest BCUT2D eigenvalue weighted by molar-refractivity contribution is 0.297. The largest absolute Gasteiger partial charge is 0.490 e. The van der Waals surface area contributed by atoms with Gasteiger partial charge < -0.3 is 24.7 Å². The molecule has 0 bridgehead atoms. The maximum Gasteiger partial charge on any atom is 0.196 e. The number of unbranched alkanes of at least 4 members (excludes halogenated alkanes) is 1. The number of aromatic nitrogens is 3. The molecule has 1 aliphatic heterocycles. The zero-order valence-corrected chi connectivity index (χ0v) is 16.3. The topological polar surface area (TPSA) is 85.6 Å². The molecule has 0 saturated heterocycles. The molecule has 27 heavy (non-hydrogen) atoms. The van der Waals surface area contributed by atoms with Gasteiger partial charge in [-0.2, -0.15) is 0 Å². The predicted molar refractivity (Wildman–Crippen MR) is 105 cm³/mol. The molecular formula is C19H28N6O2. The molecular weight excluding hydrogens is 344 g/mol. The average Bonchev–Trinajstić information content (AvgIpc) is 2.86. The summed E-state index contributed by atoms with van der Waals surface area (Å²) >= 11 is 0. The van der Waals surface area contributed by atoms with Crippen LogP contribution < -0.4 is 20.1 Å². The zero-order valence-electron chi connectivity index (χ0n) is 16.3. The van der Waals surface area contributed by atoms with Crippen molar-refractivity contribution in [3.63, 3.8) is 0 Å². The van der Waals surface area contributed by atoms with Crippen molar-refractivity contribution in [1.29, 1.82) is 0 Å². The smallest absolute Gasteiger partial charge is 0.196 e. The molecule has 0 atom stereocenters. The Morgan fingerprint density at radius 1 is 1.22 bits per heavy atom. The van der Waals surface area contributed by atoms with Crippen LogP contribution in [0.25, 0.3) is 0 Å². The quantitative estimate of drug-likeness (QED) is 0.461. The second-order valence-electron chi connectivity index (χ2n) is 6.50. The fourth-order valence-corrected chi connectivity index (χ4v) is 2.64. The number of nitrogens with zero attached hydrogens (tertiary/aromatic N) is 4. The summed E-state index contributed by atoms with van der Waals surface area (Å²) in [6, 6.07) is 5.85. The van der Waals surface area contributed by atoms with E-state index in [-0.39, 0.29) is 0 Å². The van der Waals surface area contributed by atoms with Gasteiger partial charge in [-0.05, 0) is 25.5 Å². The van der Waals surface area contributed by atoms with Crippen molar-refractivity contribution >= 4 is 11.6 Å². The Labute approximate surface area is 160 Å². The van der Waals surface area contributed by atoms with E-state index < -0.39 is 0 Å². The van der Waals surface area contributed by atoms with Gasteiger partial charge in [0, 0.05) is 31.8 Å². The summed E-state index contributed by atoms with van der Waals surface area (Å²) in [4.78, 5) is 4.66. The minimum atomic E-state index is 0.448. The van der Waals surface area contributed by atoms with Gasteiger partial charge in [0.2, 0.25) is 0 Å². The highest BCUT2D eigenvalue weighted by Gasteiger charge is 2.12. The second-order valence-corrected chi connectivity index (χ2v) is 6.50. The van der Waals surface area contributed by atoms with E-state index in [1.165, 1.54) is 0 Å². The minimum Gasteiger partial charge on any atom is -0.490 e. The Morgan fingerprint density at radius 3 is 2.78 bits per heavy atom. The van der Waals surface area contributed by atoms with Crippen molar-refractivity contribution in [2.75, 3.05) is 25.1 Å². The van der Waals surface area contributed by atoms with Crippen molar-refractivity contribution < 1.29 is 9.47 Å². The van der Waals surface area contributed by atoms with Gasteiger partial charge in [-0.25, -0.2) is 4.99 Å². The maximum atomic E-state index is 5.77. The second kappa shape index (κ2) is 9.25. The van der Waals surface area contributed by atoms with E-state index >= 15 is 0 Å². The zero-order chi connectivity index (χ0) is 19.1. The first-order valence-electron chi connectivity index (χ1n) is 9.47. The van der Waals surface area contributed by atoms with Crippen LogP contribution in [0.3, 0.4) is 0 Å². The van der Waals surface area contributed by atoms with Gasteiger partial charge in [0.15, 0.2) is 23.3 Å². The number of anilines is 1. The number of ether oxygens (including phenoxy) is 2. The van der Waals surface area contributed by atoms with Crippen molar-refractivity contribution in [3.05, 3.63) is 29.8 Å². The molecule has 2 aromatic rings. The van der Waals surface area contributed by atoms with E-state index in [9.17, 15) is 0 Å². The molecule has 0 unspecified atom stereocenters. The van der Waals surface area contributed by atoms with Crippen LogP contribution in [0.1, 0.15) is 37.8 Å². The van der Waals surface area contributed by atoms with Crippen molar-refractivity contribution in [3.8, 4) is 11.5 Å². The van der Waals surface area contributed by atoms with Gasteiger partial charge in [-0.3, -0.25) is 0 Å². The maximum absolute atomic E-state index is 5.77. The normalized spacial score (nSPS) is 14.0. The molecule has 1 aromatic carbocycles. The van der Waals surface area contributed by atoms with Gasteiger partial charge in [0.1, 0.15) is 12.4 Å². The third-order valence-corrected chi connectivity index (χ3v) is 4.39. The number of rotatable bonds is 6. The van der Waals surface area contributed by atoms with Gasteiger partial charge in [0.25, 0.3) is 0 Å². The molecule has 0 saturated carbocycles. The number of hydrogen-bond acceptors (Lipinski definition) is 5. The number of aryl methyl sites for hydroxylation is 1. The van der Waals surface area contributed by atoms with Crippen molar-refractivity contribution in [2.45, 2.75) is 39.7 Å². The fraction of sp³-hybridized carbons (Fsp3) is 0.526. The van der Waals surface area contributed by atoms with Crippen LogP contribution in [0.5, 0.6) is 11.5 Å². The standard InChI is InChI=1S/C19H28N6O2/c1-4-5-9-20-19(21-13-18-24-23-14(2)25(18)3)22-15-7-8-16-17(12-15)27-11-6-10-26-16/h7-8,12H,4-6,9-11,13H2,1-3H3,(H2,20,21,22). The number of aliphatic imine (C=N–C) groups is 1. The average molecular weight is 372 g/mol. The first-order valence-corrected chi connectivity index (χ1v) is 9.47. The Bertz CT molecular complexity index is 787. The summed E-state index contributed by atoms with van der Waals surface area (Å²) in [6.07, 6.45) is 3.08. The summed E-state index contributed by atoms with van der Waals surface area (Å²) in [5.74, 6) is 3.94. The number of guanidine groups is 1. The van der Waals surface area contributed by atoms with Crippen LogP contribution in [0, 0.1) is 6.92 Å². The molecule has 8 nitrogen and oxygen atoms in total. The van der Waals surface area contributed by atoms with Crippen molar-refractivity contribution in [1.82, 2.24) is 20.1 Å². The van der Waals surface area contributed by atoms with E-state index in [4.69, 9.17) is 9.47 Å². The molecule has 0 amide bonds. The molecule has 3 rings (SSSR count). The van der Waals surface area contributed by atoms with Crippen LogP contribution in [0.2, 0.25) is 0 Å². The van der Waals surface area contributed by atoms with E-state index in [0.717, 1.165) is 54.6 Å². The lowest BCUT2D eigenvalue weighted by Gasteiger charge is -2.14. The SMILES string of the molecule is CCCCNC(=NCc1nnc(C)n1C)Nc1ccc2c(c1)OCCCO2.